The summed E-state index contributed by atoms with van der Waals surface area (Å²) in [4.78, 5) is 26.3. The molecule has 0 radical (unpaired) electrons. The van der Waals surface area contributed by atoms with E-state index in [1.54, 1.807) is 7.05 Å². The third-order valence-corrected chi connectivity index (χ3v) is 4.93. The molecule has 0 bridgehead atoms. The maximum absolute atomic E-state index is 13.0. The predicted octanol–water partition coefficient (Wildman–Crippen LogP) is 2.12. The van der Waals surface area contributed by atoms with Crippen molar-refractivity contribution in [3.8, 4) is 0 Å². The molecule has 1 aliphatic heterocycles. The van der Waals surface area contributed by atoms with E-state index in [1.165, 1.54) is 17.0 Å². The van der Waals surface area contributed by atoms with Crippen LogP contribution in [0.5, 0.6) is 0 Å². The van der Waals surface area contributed by atoms with E-state index in [0.717, 1.165) is 22.5 Å². The van der Waals surface area contributed by atoms with E-state index >= 15 is 0 Å². The van der Waals surface area contributed by atoms with E-state index in [9.17, 15) is 9.59 Å². The third kappa shape index (κ3) is 4.14. The summed E-state index contributed by atoms with van der Waals surface area (Å²) < 4.78 is 6.86. The van der Waals surface area contributed by atoms with Crippen LogP contribution in [0.1, 0.15) is 29.3 Å². The molecule has 1 aromatic carbocycles. The molecule has 0 saturated heterocycles. The van der Waals surface area contributed by atoms with Crippen LogP contribution in [0.2, 0.25) is 0 Å². The molecular formula is C21H26N4O3. The van der Waals surface area contributed by atoms with Crippen molar-refractivity contribution >= 4 is 17.5 Å². The summed E-state index contributed by atoms with van der Waals surface area (Å²) in [5, 5.41) is 6.16. The lowest BCUT2D eigenvalue weighted by Crippen LogP contribution is -2.40. The maximum atomic E-state index is 13.0. The number of carbonyl (C=O) groups is 2. The zero-order valence-electron chi connectivity index (χ0n) is 16.8. The van der Waals surface area contributed by atoms with Gasteiger partial charge in [0.15, 0.2) is 0 Å². The SMILES string of the molecule is COCC(=O)N(C)CC(=O)N1N=C(c2cccn2C)C[C@H]1c1ccc(C)cc1. The number of hydrogen-bond acceptors (Lipinski definition) is 4. The number of hydrogen-bond donors (Lipinski definition) is 0. The molecule has 1 atom stereocenters. The van der Waals surface area contributed by atoms with Crippen molar-refractivity contribution < 1.29 is 14.3 Å². The van der Waals surface area contributed by atoms with Crippen molar-refractivity contribution in [2.24, 2.45) is 12.1 Å². The molecule has 0 fully saturated rings. The molecule has 7 nitrogen and oxygen atoms in total. The van der Waals surface area contributed by atoms with E-state index in [2.05, 4.69) is 5.10 Å². The zero-order chi connectivity index (χ0) is 20.3. The van der Waals surface area contributed by atoms with Crippen LogP contribution in [0.3, 0.4) is 0 Å². The number of likely N-dealkylation sites (N-methyl/N-ethyl adjacent to an activating group) is 1. The van der Waals surface area contributed by atoms with Crippen molar-refractivity contribution in [3.05, 3.63) is 59.4 Å². The lowest BCUT2D eigenvalue weighted by Gasteiger charge is -2.25. The fourth-order valence-corrected chi connectivity index (χ4v) is 3.30. The van der Waals surface area contributed by atoms with E-state index in [0.29, 0.717) is 6.42 Å². The van der Waals surface area contributed by atoms with Crippen molar-refractivity contribution in [2.45, 2.75) is 19.4 Å². The Morgan fingerprint density at radius 1 is 1.25 bits per heavy atom. The van der Waals surface area contributed by atoms with Gasteiger partial charge in [-0.05, 0) is 24.6 Å². The second kappa shape index (κ2) is 8.39. The highest BCUT2D eigenvalue weighted by atomic mass is 16.5. The average molecular weight is 382 g/mol. The van der Waals surface area contributed by atoms with E-state index < -0.39 is 0 Å². The molecule has 148 valence electrons. The first-order chi connectivity index (χ1) is 13.4. The summed E-state index contributed by atoms with van der Waals surface area (Å²) in [6, 6.07) is 11.9. The number of carbonyl (C=O) groups excluding carboxylic acids is 2. The highest BCUT2D eigenvalue weighted by molar-refractivity contribution is 6.02. The van der Waals surface area contributed by atoms with Gasteiger partial charge in [0, 0.05) is 33.8 Å². The van der Waals surface area contributed by atoms with Gasteiger partial charge in [0.25, 0.3) is 5.91 Å². The normalized spacial score (nSPS) is 16.2. The Balaban J connectivity index is 1.87. The first kappa shape index (κ1) is 19.8. The van der Waals surface area contributed by atoms with Gasteiger partial charge in [0.2, 0.25) is 5.91 Å². The number of benzene rings is 1. The van der Waals surface area contributed by atoms with Crippen LogP contribution in [-0.2, 0) is 21.4 Å². The minimum absolute atomic E-state index is 0.0472. The molecule has 1 aliphatic rings. The Bertz CT molecular complexity index is 885. The van der Waals surface area contributed by atoms with Gasteiger partial charge in [0.05, 0.1) is 17.4 Å². The van der Waals surface area contributed by atoms with Crippen LogP contribution < -0.4 is 0 Å². The van der Waals surface area contributed by atoms with Crippen LogP contribution >= 0.6 is 0 Å². The smallest absolute Gasteiger partial charge is 0.262 e. The molecule has 2 aromatic rings. The number of methoxy groups -OCH3 is 1. The number of hydrazone groups is 1. The van der Waals surface area contributed by atoms with E-state index in [-0.39, 0.29) is 31.0 Å². The molecule has 2 heterocycles. The van der Waals surface area contributed by atoms with Gasteiger partial charge in [0.1, 0.15) is 13.2 Å². The van der Waals surface area contributed by atoms with Gasteiger partial charge in [-0.25, -0.2) is 5.01 Å². The Kier molecular flexibility index (Phi) is 5.94. The Morgan fingerprint density at radius 2 is 1.96 bits per heavy atom. The summed E-state index contributed by atoms with van der Waals surface area (Å²) in [5.74, 6) is -0.463. The molecule has 0 N–H and O–H groups in total. The second-order valence-electron chi connectivity index (χ2n) is 7.10. The fraction of sp³-hybridized carbons (Fsp3) is 0.381. The molecule has 2 amide bonds. The van der Waals surface area contributed by atoms with Gasteiger partial charge < -0.3 is 14.2 Å². The third-order valence-electron chi connectivity index (χ3n) is 4.93. The quantitative estimate of drug-likeness (QED) is 0.769. The van der Waals surface area contributed by atoms with Gasteiger partial charge in [-0.15, -0.1) is 0 Å². The van der Waals surface area contributed by atoms with Gasteiger partial charge >= 0.3 is 0 Å². The molecule has 28 heavy (non-hydrogen) atoms. The standard InChI is InChI=1S/C21H26N4O3/c1-15-7-9-16(10-8-15)19-12-17(18-6-5-11-23(18)2)22-25(19)20(26)13-24(3)21(27)14-28-4/h5-11,19H,12-14H2,1-4H3/t19-/m0/s1. The van der Waals surface area contributed by atoms with E-state index in [4.69, 9.17) is 4.74 Å². The number of nitrogens with zero attached hydrogens (tertiary/aromatic N) is 4. The number of ether oxygens (including phenoxy) is 1. The number of aromatic nitrogens is 1. The van der Waals surface area contributed by atoms with Gasteiger partial charge in [-0.1, -0.05) is 29.8 Å². The van der Waals surface area contributed by atoms with Gasteiger partial charge in [-0.3, -0.25) is 9.59 Å². The van der Waals surface area contributed by atoms with Crippen molar-refractivity contribution in [1.82, 2.24) is 14.5 Å². The molecule has 0 unspecified atom stereocenters. The van der Waals surface area contributed by atoms with Crippen molar-refractivity contribution in [3.63, 3.8) is 0 Å². The van der Waals surface area contributed by atoms with Crippen LogP contribution in [-0.4, -0.2) is 59.3 Å². The van der Waals surface area contributed by atoms with Crippen LogP contribution in [0.25, 0.3) is 0 Å². The monoisotopic (exact) mass is 382 g/mol. The van der Waals surface area contributed by atoms with Crippen LogP contribution in [0.15, 0.2) is 47.7 Å². The fourth-order valence-electron chi connectivity index (χ4n) is 3.30. The summed E-state index contributed by atoms with van der Waals surface area (Å²) in [6.45, 7) is 1.93. The maximum Gasteiger partial charge on any atom is 0.262 e. The van der Waals surface area contributed by atoms with Crippen LogP contribution in [0, 0.1) is 6.92 Å². The Morgan fingerprint density at radius 3 is 2.57 bits per heavy atom. The largest absolute Gasteiger partial charge is 0.375 e. The summed E-state index contributed by atoms with van der Waals surface area (Å²) in [5.41, 5.74) is 4.03. The van der Waals surface area contributed by atoms with Crippen molar-refractivity contribution in [1.29, 1.82) is 0 Å². The molecule has 7 heteroatoms. The number of amides is 2. The minimum atomic E-state index is -0.242. The Labute approximate surface area is 165 Å². The van der Waals surface area contributed by atoms with E-state index in [1.807, 2.05) is 61.1 Å². The summed E-state index contributed by atoms with van der Waals surface area (Å²) in [7, 11) is 5.01. The second-order valence-corrected chi connectivity index (χ2v) is 7.10. The Hall–Kier alpha value is -2.93. The minimum Gasteiger partial charge on any atom is -0.375 e. The lowest BCUT2D eigenvalue weighted by molar-refractivity contribution is -0.142. The first-order valence-electron chi connectivity index (χ1n) is 9.21. The molecule has 1 aromatic heterocycles. The lowest BCUT2D eigenvalue weighted by atomic mass is 9.99. The molecule has 3 rings (SSSR count). The zero-order valence-corrected chi connectivity index (χ0v) is 16.8. The van der Waals surface area contributed by atoms with Gasteiger partial charge in [-0.2, -0.15) is 5.10 Å². The summed E-state index contributed by atoms with van der Waals surface area (Å²) >= 11 is 0. The highest BCUT2D eigenvalue weighted by Gasteiger charge is 2.34. The molecule has 0 spiro atoms. The highest BCUT2D eigenvalue weighted by Crippen LogP contribution is 2.33. The van der Waals surface area contributed by atoms with Crippen molar-refractivity contribution in [2.75, 3.05) is 27.3 Å². The molecule has 0 aliphatic carbocycles. The van der Waals surface area contributed by atoms with Crippen LogP contribution in [0.4, 0.5) is 0 Å². The number of rotatable bonds is 6. The topological polar surface area (TPSA) is 67.1 Å². The molecular weight excluding hydrogens is 356 g/mol. The predicted molar refractivity (Wildman–Crippen MR) is 107 cm³/mol. The average Bonchev–Trinajstić information content (AvgIpc) is 3.28. The summed E-state index contributed by atoms with van der Waals surface area (Å²) in [6.07, 6.45) is 2.59. The number of aryl methyl sites for hydroxylation is 2. The molecule has 0 saturated carbocycles. The first-order valence-corrected chi connectivity index (χ1v) is 9.21.